The van der Waals surface area contributed by atoms with Crippen LogP contribution >= 0.6 is 0 Å². The van der Waals surface area contributed by atoms with Crippen LogP contribution in [-0.4, -0.2) is 11.2 Å². The fourth-order valence-corrected chi connectivity index (χ4v) is 1.15. The summed E-state index contributed by atoms with van der Waals surface area (Å²) in [6.45, 7) is 5.23. The Kier molecular flexibility index (Phi) is 4.12. The van der Waals surface area contributed by atoms with Gasteiger partial charge in [0.15, 0.2) is 0 Å². The second-order valence-corrected chi connectivity index (χ2v) is 3.77. The van der Waals surface area contributed by atoms with Crippen molar-refractivity contribution in [1.29, 1.82) is 0 Å². The number of benzene rings is 1. The molecule has 0 aliphatic rings. The van der Waals surface area contributed by atoms with Crippen LogP contribution in [0.4, 0.5) is 13.2 Å². The number of aliphatic hydroxyl groups is 1. The number of alkyl halides is 3. The van der Waals surface area contributed by atoms with Crippen molar-refractivity contribution in [2.75, 3.05) is 0 Å². The van der Waals surface area contributed by atoms with E-state index in [4.69, 9.17) is 0 Å². The topological polar surface area (TPSA) is 20.2 Å². The molecule has 0 bridgehead atoms. The molecule has 0 aliphatic heterocycles. The maximum Gasteiger partial charge on any atom is 0.416 e. The molecule has 0 saturated carbocycles. The summed E-state index contributed by atoms with van der Waals surface area (Å²) < 4.78 is 36.8. The molecule has 0 radical (unpaired) electrons. The number of aliphatic hydroxyl groups excluding tert-OH is 1. The largest absolute Gasteiger partial charge is 0.416 e. The third kappa shape index (κ3) is 4.07. The van der Waals surface area contributed by atoms with E-state index in [1.54, 1.807) is 13.0 Å². The summed E-state index contributed by atoms with van der Waals surface area (Å²) in [4.78, 5) is 0. The fraction of sp³-hybridized carbons (Fsp3) is 0.231. The Labute approximate surface area is 97.9 Å². The number of rotatable bonds is 3. The molecule has 0 fully saturated rings. The molecule has 0 saturated heterocycles. The summed E-state index contributed by atoms with van der Waals surface area (Å²) in [7, 11) is 0. The lowest BCUT2D eigenvalue weighted by Crippen LogP contribution is -2.04. The maximum absolute atomic E-state index is 12.3. The van der Waals surface area contributed by atoms with Crippen LogP contribution in [-0.2, 0) is 6.18 Å². The molecular formula is C13H13F3O. The summed E-state index contributed by atoms with van der Waals surface area (Å²) in [6, 6.07) is 4.72. The smallest absolute Gasteiger partial charge is 0.385 e. The summed E-state index contributed by atoms with van der Waals surface area (Å²) in [6.07, 6.45) is -2.07. The Balaban J connectivity index is 2.79. The monoisotopic (exact) mass is 242 g/mol. The minimum Gasteiger partial charge on any atom is -0.385 e. The summed E-state index contributed by atoms with van der Waals surface area (Å²) in [5.74, 6) is 0. The molecule has 4 heteroatoms. The maximum atomic E-state index is 12.3. The van der Waals surface area contributed by atoms with E-state index in [2.05, 4.69) is 6.58 Å². The first-order valence-corrected chi connectivity index (χ1v) is 4.99. The SMILES string of the molecule is C=C(C)C(O)C=Cc1ccc(C(F)(F)F)cc1. The Morgan fingerprint density at radius 1 is 1.29 bits per heavy atom. The lowest BCUT2D eigenvalue weighted by molar-refractivity contribution is -0.137. The van der Waals surface area contributed by atoms with E-state index in [0.717, 1.165) is 12.1 Å². The molecule has 0 heterocycles. The highest BCUT2D eigenvalue weighted by Crippen LogP contribution is 2.29. The molecule has 1 aromatic carbocycles. The molecule has 1 N–H and O–H groups in total. The van der Waals surface area contributed by atoms with Gasteiger partial charge in [-0.1, -0.05) is 30.9 Å². The van der Waals surface area contributed by atoms with Gasteiger partial charge in [-0.3, -0.25) is 0 Å². The van der Waals surface area contributed by atoms with Crippen LogP contribution in [0.5, 0.6) is 0 Å². The van der Waals surface area contributed by atoms with Crippen LogP contribution in [0.25, 0.3) is 6.08 Å². The van der Waals surface area contributed by atoms with Crippen LogP contribution < -0.4 is 0 Å². The molecular weight excluding hydrogens is 229 g/mol. The fourth-order valence-electron chi connectivity index (χ4n) is 1.15. The molecule has 92 valence electrons. The minimum atomic E-state index is -4.32. The third-order valence-corrected chi connectivity index (χ3v) is 2.21. The van der Waals surface area contributed by atoms with E-state index in [-0.39, 0.29) is 0 Å². The predicted molar refractivity (Wildman–Crippen MR) is 61.3 cm³/mol. The highest BCUT2D eigenvalue weighted by molar-refractivity contribution is 5.51. The lowest BCUT2D eigenvalue weighted by atomic mass is 10.1. The van der Waals surface area contributed by atoms with Crippen LogP contribution in [0.15, 0.2) is 42.5 Å². The van der Waals surface area contributed by atoms with Crippen molar-refractivity contribution < 1.29 is 18.3 Å². The van der Waals surface area contributed by atoms with Gasteiger partial charge in [-0.2, -0.15) is 13.2 Å². The molecule has 1 nitrogen and oxygen atoms in total. The van der Waals surface area contributed by atoms with Crippen molar-refractivity contribution in [1.82, 2.24) is 0 Å². The second-order valence-electron chi connectivity index (χ2n) is 3.77. The number of hydrogen-bond donors (Lipinski definition) is 1. The number of halogens is 3. The van der Waals surface area contributed by atoms with Crippen LogP contribution in [0, 0.1) is 0 Å². The van der Waals surface area contributed by atoms with Gasteiger partial charge in [0.2, 0.25) is 0 Å². The van der Waals surface area contributed by atoms with E-state index < -0.39 is 17.8 Å². The van der Waals surface area contributed by atoms with Gasteiger partial charge < -0.3 is 5.11 Å². The van der Waals surface area contributed by atoms with Gasteiger partial charge in [0.05, 0.1) is 11.7 Å². The van der Waals surface area contributed by atoms with E-state index in [0.29, 0.717) is 11.1 Å². The molecule has 0 aromatic heterocycles. The highest BCUT2D eigenvalue weighted by Gasteiger charge is 2.29. The van der Waals surface area contributed by atoms with Gasteiger partial charge in [0, 0.05) is 0 Å². The van der Waals surface area contributed by atoms with Gasteiger partial charge in [-0.15, -0.1) is 0 Å². The summed E-state index contributed by atoms with van der Waals surface area (Å²) >= 11 is 0. The van der Waals surface area contributed by atoms with Crippen LogP contribution in [0.3, 0.4) is 0 Å². The normalized spacial score (nSPS) is 13.9. The van der Waals surface area contributed by atoms with E-state index in [1.165, 1.54) is 18.2 Å². The zero-order valence-corrected chi connectivity index (χ0v) is 9.33. The minimum absolute atomic E-state index is 0.577. The van der Waals surface area contributed by atoms with Crippen molar-refractivity contribution in [3.63, 3.8) is 0 Å². The van der Waals surface area contributed by atoms with Crippen molar-refractivity contribution in [3.05, 3.63) is 53.6 Å². The molecule has 1 rings (SSSR count). The number of hydrogen-bond acceptors (Lipinski definition) is 1. The average molecular weight is 242 g/mol. The molecule has 0 aliphatic carbocycles. The Morgan fingerprint density at radius 3 is 2.24 bits per heavy atom. The van der Waals surface area contributed by atoms with E-state index >= 15 is 0 Å². The first-order chi connectivity index (χ1) is 7.80. The first kappa shape index (κ1) is 13.5. The van der Waals surface area contributed by atoms with Crippen molar-refractivity contribution in [2.45, 2.75) is 19.2 Å². The van der Waals surface area contributed by atoms with E-state index in [9.17, 15) is 18.3 Å². The molecule has 1 atom stereocenters. The van der Waals surface area contributed by atoms with Crippen LogP contribution in [0.1, 0.15) is 18.1 Å². The van der Waals surface area contributed by atoms with Gasteiger partial charge >= 0.3 is 6.18 Å². The van der Waals surface area contributed by atoms with Gasteiger partial charge in [0.1, 0.15) is 0 Å². The summed E-state index contributed by atoms with van der Waals surface area (Å²) in [5, 5.41) is 9.41. The van der Waals surface area contributed by atoms with E-state index in [1.807, 2.05) is 0 Å². The predicted octanol–water partition coefficient (Wildman–Crippen LogP) is 3.66. The van der Waals surface area contributed by atoms with Gasteiger partial charge in [-0.05, 0) is 30.2 Å². The van der Waals surface area contributed by atoms with Crippen LogP contribution in [0.2, 0.25) is 0 Å². The highest BCUT2D eigenvalue weighted by atomic mass is 19.4. The Hall–Kier alpha value is -1.55. The second kappa shape index (κ2) is 5.19. The van der Waals surface area contributed by atoms with Gasteiger partial charge in [-0.25, -0.2) is 0 Å². The quantitative estimate of drug-likeness (QED) is 0.802. The Bertz CT molecular complexity index is 415. The molecule has 0 spiro atoms. The zero-order valence-electron chi connectivity index (χ0n) is 9.33. The van der Waals surface area contributed by atoms with Crippen molar-refractivity contribution in [3.8, 4) is 0 Å². The molecule has 1 aromatic rings. The molecule has 17 heavy (non-hydrogen) atoms. The first-order valence-electron chi connectivity index (χ1n) is 4.99. The standard InChI is InChI=1S/C13H13F3O/c1-9(2)12(17)8-5-10-3-6-11(7-4-10)13(14,15)16/h3-8,12,17H,1H2,2H3. The van der Waals surface area contributed by atoms with Crippen molar-refractivity contribution >= 4 is 6.08 Å². The lowest BCUT2D eigenvalue weighted by Gasteiger charge is -2.06. The zero-order chi connectivity index (χ0) is 13.1. The Morgan fingerprint density at radius 2 is 1.82 bits per heavy atom. The van der Waals surface area contributed by atoms with Gasteiger partial charge in [0.25, 0.3) is 0 Å². The average Bonchev–Trinajstić information content (AvgIpc) is 2.25. The summed E-state index contributed by atoms with van der Waals surface area (Å²) in [5.41, 5.74) is 0.488. The third-order valence-electron chi connectivity index (χ3n) is 2.21. The van der Waals surface area contributed by atoms with Crippen molar-refractivity contribution in [2.24, 2.45) is 0 Å². The molecule has 0 amide bonds. The molecule has 1 unspecified atom stereocenters.